The largest absolute Gasteiger partial charge is 0.337 e. The molecule has 1 aromatic carbocycles. The molecule has 4 nitrogen and oxygen atoms in total. The Hall–Kier alpha value is -1.59. The molecule has 20 heavy (non-hydrogen) atoms. The quantitative estimate of drug-likeness (QED) is 0.876. The van der Waals surface area contributed by atoms with Crippen molar-refractivity contribution in [1.82, 2.24) is 10.3 Å². The topological polar surface area (TPSA) is 54.0 Å². The summed E-state index contributed by atoms with van der Waals surface area (Å²) in [5.74, 6) is 0.495. The minimum Gasteiger partial charge on any atom is -0.337 e. The molecule has 0 saturated carbocycles. The second kappa shape index (κ2) is 7.26. The first-order valence-electron chi connectivity index (χ1n) is 6.05. The third-order valence-electron chi connectivity index (χ3n) is 2.60. The normalized spacial score (nSPS) is 10.1. The van der Waals surface area contributed by atoms with E-state index in [9.17, 15) is 4.79 Å². The van der Waals surface area contributed by atoms with E-state index in [0.29, 0.717) is 23.8 Å². The van der Waals surface area contributed by atoms with E-state index >= 15 is 0 Å². The van der Waals surface area contributed by atoms with Gasteiger partial charge in [-0.15, -0.1) is 0 Å². The molecule has 0 saturated heterocycles. The van der Waals surface area contributed by atoms with Crippen molar-refractivity contribution in [2.24, 2.45) is 0 Å². The zero-order chi connectivity index (χ0) is 14.4. The Morgan fingerprint density at radius 1 is 1.30 bits per heavy atom. The Morgan fingerprint density at radius 3 is 2.85 bits per heavy atom. The Kier molecular flexibility index (Phi) is 5.38. The molecule has 0 aliphatic carbocycles. The van der Waals surface area contributed by atoms with Crippen LogP contribution >= 0.6 is 27.5 Å². The summed E-state index contributed by atoms with van der Waals surface area (Å²) in [4.78, 5) is 15.7. The highest BCUT2D eigenvalue weighted by Crippen LogP contribution is 2.15. The third-order valence-corrected chi connectivity index (χ3v) is 3.46. The van der Waals surface area contributed by atoms with Crippen molar-refractivity contribution >= 4 is 39.4 Å². The summed E-state index contributed by atoms with van der Waals surface area (Å²) in [7, 11) is 0. The van der Waals surface area contributed by atoms with Gasteiger partial charge in [0.05, 0.1) is 0 Å². The Bertz CT molecular complexity index is 606. The molecule has 0 unspecified atom stereocenters. The van der Waals surface area contributed by atoms with Crippen molar-refractivity contribution in [1.29, 1.82) is 0 Å². The van der Waals surface area contributed by atoms with Crippen LogP contribution in [0.1, 0.15) is 5.56 Å². The molecule has 2 rings (SSSR count). The van der Waals surface area contributed by atoms with E-state index in [1.54, 1.807) is 18.3 Å². The molecule has 6 heteroatoms. The van der Waals surface area contributed by atoms with E-state index in [2.05, 4.69) is 31.5 Å². The van der Waals surface area contributed by atoms with Gasteiger partial charge in [-0.05, 0) is 30.2 Å². The number of carbonyl (C=O) groups excluding carboxylic acids is 1. The lowest BCUT2D eigenvalue weighted by Gasteiger charge is -2.08. The number of benzene rings is 1. The zero-order valence-corrected chi connectivity index (χ0v) is 12.9. The van der Waals surface area contributed by atoms with Gasteiger partial charge in [0.25, 0.3) is 0 Å². The number of anilines is 1. The van der Waals surface area contributed by atoms with Gasteiger partial charge < -0.3 is 5.32 Å². The summed E-state index contributed by atoms with van der Waals surface area (Å²) >= 11 is 9.36. The predicted molar refractivity (Wildman–Crippen MR) is 84.1 cm³/mol. The predicted octanol–water partition coefficient (Wildman–Crippen LogP) is 3.86. The van der Waals surface area contributed by atoms with Crippen LogP contribution in [0.15, 0.2) is 47.1 Å². The number of amides is 2. The number of rotatable bonds is 4. The van der Waals surface area contributed by atoms with Crippen molar-refractivity contribution < 1.29 is 4.79 Å². The van der Waals surface area contributed by atoms with Crippen LogP contribution in [-0.2, 0) is 6.42 Å². The summed E-state index contributed by atoms with van der Waals surface area (Å²) in [6.45, 7) is 0.504. The second-order valence-corrected chi connectivity index (χ2v) is 5.40. The molecule has 2 N–H and O–H groups in total. The minimum absolute atomic E-state index is 0.289. The van der Waals surface area contributed by atoms with Crippen molar-refractivity contribution in [3.05, 3.63) is 57.7 Å². The van der Waals surface area contributed by atoms with Gasteiger partial charge in [0.15, 0.2) is 0 Å². The fourth-order valence-corrected chi connectivity index (χ4v) is 2.21. The molecule has 0 aliphatic rings. The molecular formula is C14H13BrClN3O. The van der Waals surface area contributed by atoms with E-state index < -0.39 is 0 Å². The van der Waals surface area contributed by atoms with Crippen molar-refractivity contribution in [3.8, 4) is 0 Å². The number of urea groups is 1. The van der Waals surface area contributed by atoms with E-state index in [0.717, 1.165) is 10.0 Å². The van der Waals surface area contributed by atoms with Crippen LogP contribution in [0.3, 0.4) is 0 Å². The lowest BCUT2D eigenvalue weighted by Crippen LogP contribution is -2.30. The highest BCUT2D eigenvalue weighted by Gasteiger charge is 2.04. The Labute approximate surface area is 130 Å². The van der Waals surface area contributed by atoms with Gasteiger partial charge in [-0.1, -0.05) is 45.7 Å². The van der Waals surface area contributed by atoms with Crippen LogP contribution in [0.5, 0.6) is 0 Å². The van der Waals surface area contributed by atoms with Gasteiger partial charge in [0, 0.05) is 22.2 Å². The summed E-state index contributed by atoms with van der Waals surface area (Å²) in [6, 6.07) is 10.8. The molecule has 0 spiro atoms. The van der Waals surface area contributed by atoms with Crippen LogP contribution in [0, 0.1) is 0 Å². The summed E-state index contributed by atoms with van der Waals surface area (Å²) < 4.78 is 0.860. The second-order valence-electron chi connectivity index (χ2n) is 4.08. The molecule has 0 fully saturated rings. The summed E-state index contributed by atoms with van der Waals surface area (Å²) in [6.07, 6.45) is 2.29. The molecule has 0 radical (unpaired) electrons. The number of aromatic nitrogens is 1. The molecule has 1 heterocycles. The molecule has 104 valence electrons. The van der Waals surface area contributed by atoms with E-state index in [4.69, 9.17) is 11.6 Å². The smallest absolute Gasteiger partial charge is 0.320 e. The Balaban J connectivity index is 1.80. The average Bonchev–Trinajstić information content (AvgIpc) is 2.41. The fraction of sp³-hybridized carbons (Fsp3) is 0.143. The number of halogens is 2. The maximum absolute atomic E-state index is 11.7. The number of nitrogens with one attached hydrogen (secondary N) is 2. The fourth-order valence-electron chi connectivity index (χ4n) is 1.65. The monoisotopic (exact) mass is 353 g/mol. The molecular weight excluding hydrogens is 342 g/mol. The van der Waals surface area contributed by atoms with Gasteiger partial charge in [-0.3, -0.25) is 5.32 Å². The van der Waals surface area contributed by atoms with Crippen LogP contribution in [0.2, 0.25) is 5.02 Å². The van der Waals surface area contributed by atoms with Crippen molar-refractivity contribution in [2.75, 3.05) is 11.9 Å². The molecule has 0 atom stereocenters. The lowest BCUT2D eigenvalue weighted by molar-refractivity contribution is 0.252. The van der Waals surface area contributed by atoms with Crippen LogP contribution in [-0.4, -0.2) is 17.6 Å². The summed E-state index contributed by atoms with van der Waals surface area (Å²) in [5, 5.41) is 6.13. The van der Waals surface area contributed by atoms with Gasteiger partial charge >= 0.3 is 6.03 Å². The van der Waals surface area contributed by atoms with E-state index in [1.165, 1.54) is 0 Å². The maximum atomic E-state index is 11.7. The minimum atomic E-state index is -0.289. The standard InChI is InChI=1S/C14H13BrClN3O/c15-11-6-8-17-13(9-11)19-14(20)18-7-5-10-3-1-2-4-12(10)16/h1-4,6,8-9H,5,7H2,(H2,17,18,19,20). The Morgan fingerprint density at radius 2 is 2.10 bits per heavy atom. The molecule has 2 aromatic rings. The van der Waals surface area contributed by atoms with Gasteiger partial charge in [-0.25, -0.2) is 9.78 Å². The van der Waals surface area contributed by atoms with E-state index in [1.807, 2.05) is 24.3 Å². The number of hydrogen-bond donors (Lipinski definition) is 2. The third kappa shape index (κ3) is 4.51. The highest BCUT2D eigenvalue weighted by molar-refractivity contribution is 9.10. The van der Waals surface area contributed by atoms with E-state index in [-0.39, 0.29) is 6.03 Å². The first-order valence-corrected chi connectivity index (χ1v) is 7.22. The average molecular weight is 355 g/mol. The van der Waals surface area contributed by atoms with Crippen molar-refractivity contribution in [2.45, 2.75) is 6.42 Å². The molecule has 0 bridgehead atoms. The van der Waals surface area contributed by atoms with Crippen LogP contribution in [0.25, 0.3) is 0 Å². The first-order chi connectivity index (χ1) is 9.65. The van der Waals surface area contributed by atoms with Gasteiger partial charge in [0.1, 0.15) is 5.82 Å². The lowest BCUT2D eigenvalue weighted by atomic mass is 10.1. The number of carbonyl (C=O) groups is 1. The first kappa shape index (κ1) is 14.8. The number of pyridine rings is 1. The summed E-state index contributed by atoms with van der Waals surface area (Å²) in [5.41, 5.74) is 1.01. The van der Waals surface area contributed by atoms with Crippen molar-refractivity contribution in [3.63, 3.8) is 0 Å². The molecule has 0 aliphatic heterocycles. The SMILES string of the molecule is O=C(NCCc1ccccc1Cl)Nc1cc(Br)ccn1. The molecule has 1 aromatic heterocycles. The van der Waals surface area contributed by atoms with Crippen LogP contribution in [0.4, 0.5) is 10.6 Å². The maximum Gasteiger partial charge on any atom is 0.320 e. The number of nitrogens with zero attached hydrogens (tertiary/aromatic N) is 1. The highest BCUT2D eigenvalue weighted by atomic mass is 79.9. The number of hydrogen-bond acceptors (Lipinski definition) is 2. The van der Waals surface area contributed by atoms with Crippen LogP contribution < -0.4 is 10.6 Å². The zero-order valence-electron chi connectivity index (χ0n) is 10.6. The molecule has 2 amide bonds. The van der Waals surface area contributed by atoms with Gasteiger partial charge in [0.2, 0.25) is 0 Å². The van der Waals surface area contributed by atoms with Gasteiger partial charge in [-0.2, -0.15) is 0 Å².